The molecule has 0 unspecified atom stereocenters. The first-order chi connectivity index (χ1) is 11.5. The Hall–Kier alpha value is -2.35. The lowest BCUT2D eigenvalue weighted by Crippen LogP contribution is -2.37. The standard InChI is InChI=1S/C16H17FN2O4S/c1-2-23-16(22)7-15-19(14(21)10-24-15)9-13(20)18-8-11-3-5-12(17)6-4-11/h3-7H,2,8-10H2,1H3,(H,18,20)/b15-7-. The largest absolute Gasteiger partial charge is 0.463 e. The van der Waals surface area contributed by atoms with Gasteiger partial charge in [-0.3, -0.25) is 14.5 Å². The van der Waals surface area contributed by atoms with Gasteiger partial charge in [0.2, 0.25) is 11.8 Å². The maximum atomic E-state index is 12.8. The highest BCUT2D eigenvalue weighted by molar-refractivity contribution is 8.04. The summed E-state index contributed by atoms with van der Waals surface area (Å²) in [4.78, 5) is 36.6. The Kier molecular flexibility index (Phi) is 6.36. The molecule has 0 atom stereocenters. The van der Waals surface area contributed by atoms with Crippen molar-refractivity contribution in [2.45, 2.75) is 13.5 Å². The molecule has 1 N–H and O–H groups in total. The van der Waals surface area contributed by atoms with Crippen LogP contribution in [0.2, 0.25) is 0 Å². The fourth-order valence-corrected chi connectivity index (χ4v) is 2.92. The van der Waals surface area contributed by atoms with E-state index < -0.39 is 5.97 Å². The summed E-state index contributed by atoms with van der Waals surface area (Å²) in [5, 5.41) is 3.06. The summed E-state index contributed by atoms with van der Waals surface area (Å²) < 4.78 is 17.6. The molecule has 6 nitrogen and oxygen atoms in total. The number of thioether (sulfide) groups is 1. The number of esters is 1. The van der Waals surface area contributed by atoms with Crippen LogP contribution in [0.15, 0.2) is 35.4 Å². The topological polar surface area (TPSA) is 75.7 Å². The van der Waals surface area contributed by atoms with Gasteiger partial charge in [0.15, 0.2) is 0 Å². The SMILES string of the molecule is CCOC(=O)/C=C1\SCC(=O)N1CC(=O)NCc1ccc(F)cc1. The summed E-state index contributed by atoms with van der Waals surface area (Å²) in [6.45, 7) is 1.97. The summed E-state index contributed by atoms with van der Waals surface area (Å²) in [6, 6.07) is 5.75. The number of nitrogens with zero attached hydrogens (tertiary/aromatic N) is 1. The minimum atomic E-state index is -0.550. The van der Waals surface area contributed by atoms with Gasteiger partial charge in [-0.15, -0.1) is 0 Å². The third-order valence-corrected chi connectivity index (χ3v) is 4.17. The third kappa shape index (κ3) is 5.09. The highest BCUT2D eigenvalue weighted by Crippen LogP contribution is 2.28. The van der Waals surface area contributed by atoms with E-state index in [0.29, 0.717) is 5.03 Å². The zero-order valence-corrected chi connectivity index (χ0v) is 13.9. The van der Waals surface area contributed by atoms with Crippen molar-refractivity contribution in [2.24, 2.45) is 0 Å². The number of ether oxygens (including phenoxy) is 1. The first-order valence-corrected chi connectivity index (χ1v) is 8.31. The first kappa shape index (κ1) is 18.0. The minimum Gasteiger partial charge on any atom is -0.463 e. The van der Waals surface area contributed by atoms with Crippen molar-refractivity contribution in [3.8, 4) is 0 Å². The zero-order chi connectivity index (χ0) is 17.5. The van der Waals surface area contributed by atoms with E-state index in [1.165, 1.54) is 34.9 Å². The molecule has 128 valence electrons. The number of nitrogens with one attached hydrogen (secondary N) is 1. The molecule has 8 heteroatoms. The van der Waals surface area contributed by atoms with Gasteiger partial charge in [-0.1, -0.05) is 23.9 Å². The fourth-order valence-electron chi connectivity index (χ4n) is 1.99. The first-order valence-electron chi connectivity index (χ1n) is 7.32. The second kappa shape index (κ2) is 8.49. The van der Waals surface area contributed by atoms with Crippen molar-refractivity contribution in [3.05, 3.63) is 46.8 Å². The maximum Gasteiger partial charge on any atom is 0.333 e. The normalized spacial score (nSPS) is 15.7. The van der Waals surface area contributed by atoms with E-state index in [1.807, 2.05) is 0 Å². The molecule has 24 heavy (non-hydrogen) atoms. The number of hydrogen-bond acceptors (Lipinski definition) is 5. The van der Waals surface area contributed by atoms with Crippen LogP contribution in [0.5, 0.6) is 0 Å². The van der Waals surface area contributed by atoms with E-state index in [0.717, 1.165) is 5.56 Å². The Labute approximate surface area is 143 Å². The lowest BCUT2D eigenvalue weighted by atomic mass is 10.2. The van der Waals surface area contributed by atoms with E-state index in [1.54, 1.807) is 19.1 Å². The highest BCUT2D eigenvalue weighted by Gasteiger charge is 2.29. The van der Waals surface area contributed by atoms with Gasteiger partial charge in [0.05, 0.1) is 23.5 Å². The van der Waals surface area contributed by atoms with Crippen LogP contribution in [-0.4, -0.2) is 41.6 Å². The molecule has 1 saturated heterocycles. The van der Waals surface area contributed by atoms with E-state index in [4.69, 9.17) is 4.74 Å². The van der Waals surface area contributed by atoms with E-state index in [2.05, 4.69) is 5.32 Å². The number of rotatable bonds is 6. The number of carbonyl (C=O) groups excluding carboxylic acids is 3. The zero-order valence-electron chi connectivity index (χ0n) is 13.1. The molecule has 1 aromatic carbocycles. The maximum absolute atomic E-state index is 12.8. The van der Waals surface area contributed by atoms with Gasteiger partial charge in [-0.25, -0.2) is 9.18 Å². The van der Waals surface area contributed by atoms with Crippen LogP contribution >= 0.6 is 11.8 Å². The molecular formula is C16H17FN2O4S. The Morgan fingerprint density at radius 2 is 2.08 bits per heavy atom. The van der Waals surface area contributed by atoms with Gasteiger partial charge >= 0.3 is 5.97 Å². The average molecular weight is 352 g/mol. The van der Waals surface area contributed by atoms with Crippen LogP contribution < -0.4 is 5.32 Å². The highest BCUT2D eigenvalue weighted by atomic mass is 32.2. The molecule has 0 spiro atoms. The van der Waals surface area contributed by atoms with E-state index in [9.17, 15) is 18.8 Å². The van der Waals surface area contributed by atoms with Gasteiger partial charge < -0.3 is 10.1 Å². The molecule has 1 fully saturated rings. The van der Waals surface area contributed by atoms with Crippen LogP contribution in [0.4, 0.5) is 4.39 Å². The van der Waals surface area contributed by atoms with Gasteiger partial charge in [-0.2, -0.15) is 0 Å². The molecule has 0 aromatic heterocycles. The predicted octanol–water partition coefficient (Wildman–Crippen LogP) is 1.42. The molecule has 0 bridgehead atoms. The molecule has 1 heterocycles. The van der Waals surface area contributed by atoms with Crippen molar-refractivity contribution in [1.29, 1.82) is 0 Å². The molecule has 1 aliphatic heterocycles. The molecule has 2 rings (SSSR count). The van der Waals surface area contributed by atoms with Gasteiger partial charge in [0.25, 0.3) is 0 Å². The van der Waals surface area contributed by atoms with Crippen LogP contribution in [0.3, 0.4) is 0 Å². The predicted molar refractivity (Wildman–Crippen MR) is 87.1 cm³/mol. The fraction of sp³-hybridized carbons (Fsp3) is 0.312. The number of amides is 2. The lowest BCUT2D eigenvalue weighted by Gasteiger charge is -2.16. The number of halogens is 1. The number of carbonyl (C=O) groups is 3. The van der Waals surface area contributed by atoms with Crippen molar-refractivity contribution >= 4 is 29.5 Å². The third-order valence-electron chi connectivity index (χ3n) is 3.14. The monoisotopic (exact) mass is 352 g/mol. The smallest absolute Gasteiger partial charge is 0.333 e. The molecular weight excluding hydrogens is 335 g/mol. The summed E-state index contributed by atoms with van der Waals surface area (Å²) >= 11 is 1.19. The quantitative estimate of drug-likeness (QED) is 0.619. The van der Waals surface area contributed by atoms with E-state index >= 15 is 0 Å². The summed E-state index contributed by atoms with van der Waals surface area (Å²) in [5.74, 6) is -1.33. The molecule has 1 aromatic rings. The Morgan fingerprint density at radius 1 is 1.38 bits per heavy atom. The molecule has 2 amide bonds. The minimum absolute atomic E-state index is 0.177. The summed E-state index contributed by atoms with van der Waals surface area (Å²) in [7, 11) is 0. The van der Waals surface area contributed by atoms with Gasteiger partial charge in [0.1, 0.15) is 12.4 Å². The van der Waals surface area contributed by atoms with Crippen molar-refractivity contribution in [2.75, 3.05) is 18.9 Å². The molecule has 0 saturated carbocycles. The number of benzene rings is 1. The Balaban J connectivity index is 1.92. The van der Waals surface area contributed by atoms with Gasteiger partial charge in [-0.05, 0) is 24.6 Å². The Morgan fingerprint density at radius 3 is 2.75 bits per heavy atom. The second-order valence-electron chi connectivity index (χ2n) is 4.91. The lowest BCUT2D eigenvalue weighted by molar-refractivity contribution is -0.137. The summed E-state index contributed by atoms with van der Waals surface area (Å²) in [6.07, 6.45) is 1.21. The molecule has 1 aliphatic rings. The van der Waals surface area contributed by atoms with Gasteiger partial charge in [0, 0.05) is 6.54 Å². The van der Waals surface area contributed by atoms with Crippen LogP contribution in [-0.2, 0) is 25.7 Å². The molecule has 0 radical (unpaired) electrons. The average Bonchev–Trinajstić information content (AvgIpc) is 2.87. The van der Waals surface area contributed by atoms with Crippen LogP contribution in [0.1, 0.15) is 12.5 Å². The second-order valence-corrected chi connectivity index (χ2v) is 5.90. The van der Waals surface area contributed by atoms with Crippen molar-refractivity contribution in [1.82, 2.24) is 10.2 Å². The number of hydrogen-bond donors (Lipinski definition) is 1. The summed E-state index contributed by atoms with van der Waals surface area (Å²) in [5.41, 5.74) is 0.745. The van der Waals surface area contributed by atoms with Crippen molar-refractivity contribution in [3.63, 3.8) is 0 Å². The van der Waals surface area contributed by atoms with Crippen LogP contribution in [0, 0.1) is 5.82 Å². The molecule has 0 aliphatic carbocycles. The van der Waals surface area contributed by atoms with Crippen molar-refractivity contribution < 1.29 is 23.5 Å². The van der Waals surface area contributed by atoms with Crippen LogP contribution in [0.25, 0.3) is 0 Å². The Bertz CT molecular complexity index is 661. The van der Waals surface area contributed by atoms with E-state index in [-0.39, 0.29) is 43.1 Å².